The van der Waals surface area contributed by atoms with E-state index in [1.54, 1.807) is 11.3 Å². The summed E-state index contributed by atoms with van der Waals surface area (Å²) in [6, 6.07) is 11.7. The topological polar surface area (TPSA) is 46.5 Å². The van der Waals surface area contributed by atoms with Crippen molar-refractivity contribution in [1.82, 2.24) is 4.57 Å². The normalized spacial score (nSPS) is 14.2. The summed E-state index contributed by atoms with van der Waals surface area (Å²) in [7, 11) is 0. The molecule has 3 aromatic rings. The van der Waals surface area contributed by atoms with Gasteiger partial charge in [-0.3, -0.25) is 4.79 Å². The first-order valence-corrected chi connectivity index (χ1v) is 10.9. The van der Waals surface area contributed by atoms with Gasteiger partial charge >= 0.3 is 0 Å². The molecule has 152 valence electrons. The largest absolute Gasteiger partial charge is 0.378 e. The molecule has 1 aromatic carbocycles. The number of nitrogens with zero attached hydrogens (tertiary/aromatic N) is 2. The Morgan fingerprint density at radius 3 is 2.72 bits per heavy atom. The van der Waals surface area contributed by atoms with Crippen LogP contribution in [0.3, 0.4) is 0 Å². The third-order valence-electron chi connectivity index (χ3n) is 5.27. The van der Waals surface area contributed by atoms with E-state index < -0.39 is 0 Å². The van der Waals surface area contributed by atoms with Crippen molar-refractivity contribution in [1.29, 1.82) is 0 Å². The van der Waals surface area contributed by atoms with Crippen molar-refractivity contribution in [2.24, 2.45) is 0 Å². The van der Waals surface area contributed by atoms with E-state index in [9.17, 15) is 4.79 Å². The predicted octanol–water partition coefficient (Wildman–Crippen LogP) is 4.96. The Morgan fingerprint density at radius 1 is 1.21 bits per heavy atom. The van der Waals surface area contributed by atoms with Gasteiger partial charge < -0.3 is 19.5 Å². The van der Waals surface area contributed by atoms with Crippen LogP contribution in [-0.4, -0.2) is 36.8 Å². The molecule has 4 rings (SSSR count). The molecule has 0 bridgehead atoms. The molecule has 1 saturated heterocycles. The SMILES string of the molecule is Cc1cc(C(=O)Nc2cccc(Cl)c2N2CCOCC2)c(C)n1Cc1cccs1. The summed E-state index contributed by atoms with van der Waals surface area (Å²) in [5.74, 6) is -0.118. The van der Waals surface area contributed by atoms with Gasteiger partial charge in [-0.05, 0) is 43.5 Å². The van der Waals surface area contributed by atoms with Crippen molar-refractivity contribution in [2.75, 3.05) is 36.5 Å². The maximum Gasteiger partial charge on any atom is 0.257 e. The van der Waals surface area contributed by atoms with Gasteiger partial charge in [0.05, 0.1) is 41.7 Å². The molecule has 5 nitrogen and oxygen atoms in total. The van der Waals surface area contributed by atoms with Gasteiger partial charge in [0.1, 0.15) is 0 Å². The second-order valence-electron chi connectivity index (χ2n) is 7.14. The lowest BCUT2D eigenvalue weighted by molar-refractivity contribution is 0.102. The summed E-state index contributed by atoms with van der Waals surface area (Å²) in [6.45, 7) is 7.62. The van der Waals surface area contributed by atoms with E-state index in [1.165, 1.54) is 4.88 Å². The first kappa shape index (κ1) is 20.0. The highest BCUT2D eigenvalue weighted by Gasteiger charge is 2.21. The summed E-state index contributed by atoms with van der Waals surface area (Å²) < 4.78 is 7.63. The highest BCUT2D eigenvalue weighted by atomic mass is 35.5. The molecule has 1 aliphatic rings. The summed E-state index contributed by atoms with van der Waals surface area (Å²) in [4.78, 5) is 16.6. The van der Waals surface area contributed by atoms with Crippen LogP contribution in [0.15, 0.2) is 41.8 Å². The van der Waals surface area contributed by atoms with Gasteiger partial charge in [0.25, 0.3) is 5.91 Å². The second-order valence-corrected chi connectivity index (χ2v) is 8.58. The molecular formula is C22H24ClN3O2S. The lowest BCUT2D eigenvalue weighted by Gasteiger charge is -2.31. The van der Waals surface area contributed by atoms with Gasteiger partial charge in [0, 0.05) is 29.4 Å². The number of morpholine rings is 1. The molecule has 1 N–H and O–H groups in total. The molecule has 29 heavy (non-hydrogen) atoms. The molecule has 2 aromatic heterocycles. The highest BCUT2D eigenvalue weighted by molar-refractivity contribution is 7.09. The Balaban J connectivity index is 1.60. The highest BCUT2D eigenvalue weighted by Crippen LogP contribution is 2.35. The minimum absolute atomic E-state index is 0.118. The number of benzene rings is 1. The van der Waals surface area contributed by atoms with Crippen molar-refractivity contribution in [3.8, 4) is 0 Å². The summed E-state index contributed by atoms with van der Waals surface area (Å²) in [6.07, 6.45) is 0. The fraction of sp³-hybridized carbons (Fsp3) is 0.318. The lowest BCUT2D eigenvalue weighted by Crippen LogP contribution is -2.37. The monoisotopic (exact) mass is 429 g/mol. The van der Waals surface area contributed by atoms with Gasteiger partial charge in [-0.1, -0.05) is 23.7 Å². The number of hydrogen-bond donors (Lipinski definition) is 1. The van der Waals surface area contributed by atoms with Gasteiger partial charge in [-0.2, -0.15) is 0 Å². The number of amides is 1. The zero-order valence-electron chi connectivity index (χ0n) is 16.6. The van der Waals surface area contributed by atoms with Crippen LogP contribution in [0.1, 0.15) is 26.6 Å². The molecule has 0 unspecified atom stereocenters. The first-order chi connectivity index (χ1) is 14.0. The van der Waals surface area contributed by atoms with E-state index in [2.05, 4.69) is 26.2 Å². The van der Waals surface area contributed by atoms with Crippen molar-refractivity contribution in [3.05, 3.63) is 68.6 Å². The Kier molecular flexibility index (Phi) is 5.94. The van der Waals surface area contributed by atoms with E-state index in [0.717, 1.165) is 42.4 Å². The number of carbonyl (C=O) groups is 1. The third kappa shape index (κ3) is 4.20. The fourth-order valence-corrected chi connectivity index (χ4v) is 4.73. The van der Waals surface area contributed by atoms with Crippen molar-refractivity contribution < 1.29 is 9.53 Å². The molecule has 0 radical (unpaired) electrons. The number of anilines is 2. The molecule has 0 saturated carbocycles. The number of carbonyl (C=O) groups excluding carboxylic acids is 1. The summed E-state index contributed by atoms with van der Waals surface area (Å²) >= 11 is 8.22. The van der Waals surface area contributed by atoms with Gasteiger partial charge in [0.15, 0.2) is 0 Å². The number of thiophene rings is 1. The number of hydrogen-bond acceptors (Lipinski definition) is 4. The lowest BCUT2D eigenvalue weighted by atomic mass is 10.2. The Morgan fingerprint density at radius 2 is 2.00 bits per heavy atom. The molecular weight excluding hydrogens is 406 g/mol. The van der Waals surface area contributed by atoms with Crippen LogP contribution >= 0.6 is 22.9 Å². The maximum atomic E-state index is 13.1. The van der Waals surface area contributed by atoms with E-state index in [1.807, 2.05) is 44.2 Å². The minimum Gasteiger partial charge on any atom is -0.378 e. The number of halogens is 1. The van der Waals surface area contributed by atoms with E-state index >= 15 is 0 Å². The zero-order chi connectivity index (χ0) is 20.4. The molecule has 1 aliphatic heterocycles. The summed E-state index contributed by atoms with van der Waals surface area (Å²) in [5.41, 5.74) is 4.31. The second kappa shape index (κ2) is 8.61. The average molecular weight is 430 g/mol. The van der Waals surface area contributed by atoms with Crippen molar-refractivity contribution in [2.45, 2.75) is 20.4 Å². The van der Waals surface area contributed by atoms with Crippen molar-refractivity contribution in [3.63, 3.8) is 0 Å². The van der Waals surface area contributed by atoms with E-state index in [-0.39, 0.29) is 5.91 Å². The Hall–Kier alpha value is -2.28. The van der Waals surface area contributed by atoms with Crippen LogP contribution in [0.25, 0.3) is 0 Å². The summed E-state index contributed by atoms with van der Waals surface area (Å²) in [5, 5.41) is 5.79. The molecule has 0 atom stereocenters. The van der Waals surface area contributed by atoms with Crippen LogP contribution in [0.5, 0.6) is 0 Å². The van der Waals surface area contributed by atoms with Crippen LogP contribution in [-0.2, 0) is 11.3 Å². The quantitative estimate of drug-likeness (QED) is 0.623. The number of para-hydroxylation sites is 1. The van der Waals surface area contributed by atoms with Crippen LogP contribution < -0.4 is 10.2 Å². The number of aromatic nitrogens is 1. The molecule has 1 fully saturated rings. The zero-order valence-corrected chi connectivity index (χ0v) is 18.1. The van der Waals surface area contributed by atoms with Crippen LogP contribution in [0.4, 0.5) is 11.4 Å². The Bertz CT molecular complexity index is 1010. The molecule has 3 heterocycles. The molecule has 7 heteroatoms. The standard InChI is InChI=1S/C22H24ClN3O2S/c1-15-13-18(16(2)26(15)14-17-5-4-12-29-17)22(27)24-20-7-3-6-19(23)21(20)25-8-10-28-11-9-25/h3-7,12-13H,8-11,14H2,1-2H3,(H,24,27). The van der Waals surface area contributed by atoms with Gasteiger partial charge in [-0.15, -0.1) is 11.3 Å². The van der Waals surface area contributed by atoms with E-state index in [4.69, 9.17) is 16.3 Å². The maximum absolute atomic E-state index is 13.1. The smallest absolute Gasteiger partial charge is 0.257 e. The molecule has 0 spiro atoms. The average Bonchev–Trinajstić information content (AvgIpc) is 3.32. The molecule has 0 aliphatic carbocycles. The third-order valence-corrected chi connectivity index (χ3v) is 6.44. The van der Waals surface area contributed by atoms with Crippen LogP contribution in [0.2, 0.25) is 5.02 Å². The number of nitrogens with one attached hydrogen (secondary N) is 1. The number of ether oxygens (including phenoxy) is 1. The molecule has 1 amide bonds. The minimum atomic E-state index is -0.118. The first-order valence-electron chi connectivity index (χ1n) is 9.66. The van der Waals surface area contributed by atoms with Crippen molar-refractivity contribution >= 4 is 40.2 Å². The fourth-order valence-electron chi connectivity index (χ4n) is 3.75. The predicted molar refractivity (Wildman–Crippen MR) is 120 cm³/mol. The van der Waals surface area contributed by atoms with E-state index in [0.29, 0.717) is 23.8 Å². The van der Waals surface area contributed by atoms with Crippen LogP contribution in [0, 0.1) is 13.8 Å². The van der Waals surface area contributed by atoms with Gasteiger partial charge in [-0.25, -0.2) is 0 Å². The van der Waals surface area contributed by atoms with Gasteiger partial charge in [0.2, 0.25) is 0 Å². The number of rotatable bonds is 5. The number of aryl methyl sites for hydroxylation is 1. The Labute approximate surface area is 179 Å².